The summed E-state index contributed by atoms with van der Waals surface area (Å²) in [6, 6.07) is 12.7. The number of carboxylic acid groups (broad SMARTS) is 2. The Morgan fingerprint density at radius 2 is 1.02 bits per heavy atom. The summed E-state index contributed by atoms with van der Waals surface area (Å²) < 4.78 is 15.6. The molecule has 0 saturated carbocycles. The fourth-order valence-corrected chi connectivity index (χ4v) is 5.87. The van der Waals surface area contributed by atoms with E-state index in [9.17, 15) is 59.7 Å². The summed E-state index contributed by atoms with van der Waals surface area (Å²) in [7, 11) is 0. The second-order valence-electron chi connectivity index (χ2n) is 10.9. The molecule has 0 bridgehead atoms. The molecular weight excluding hydrogens is 660 g/mol. The first kappa shape index (κ1) is 31.1. The second-order valence-corrected chi connectivity index (χ2v) is 10.9. The van der Waals surface area contributed by atoms with E-state index in [1.54, 1.807) is 0 Å². The van der Waals surface area contributed by atoms with Gasteiger partial charge < -0.3 is 50.0 Å². The lowest BCUT2D eigenvalue weighted by Gasteiger charge is -2.11. The summed E-state index contributed by atoms with van der Waals surface area (Å²) in [5.41, 5.74) is -3.50. The van der Waals surface area contributed by atoms with E-state index in [0.29, 0.717) is 0 Å². The van der Waals surface area contributed by atoms with Gasteiger partial charge >= 0.3 is 29.8 Å². The van der Waals surface area contributed by atoms with Crippen molar-refractivity contribution in [3.05, 3.63) is 118 Å². The number of phenols is 3. The number of esters is 3. The third-order valence-corrected chi connectivity index (χ3v) is 8.04. The highest BCUT2D eigenvalue weighted by Crippen LogP contribution is 2.49. The maximum atomic E-state index is 13.3. The molecule has 0 spiro atoms. The van der Waals surface area contributed by atoms with Crippen molar-refractivity contribution in [2.45, 2.75) is 0 Å². The molecule has 7 rings (SSSR count). The van der Waals surface area contributed by atoms with Gasteiger partial charge in [0.2, 0.25) is 0 Å². The number of hydrogen-bond donors (Lipinski definition) is 7. The molecule has 4 aromatic carbocycles. The Balaban J connectivity index is 1.48. The van der Waals surface area contributed by atoms with Gasteiger partial charge in [-0.05, 0) is 64.5 Å². The zero-order valence-electron chi connectivity index (χ0n) is 24.7. The first-order valence-electron chi connectivity index (χ1n) is 14.2. The van der Waals surface area contributed by atoms with Crippen molar-refractivity contribution >= 4 is 62.9 Å². The summed E-state index contributed by atoms with van der Waals surface area (Å²) in [6.07, 6.45) is 0. The lowest BCUT2D eigenvalue weighted by molar-refractivity contribution is -0.133. The number of aromatic hydroxyl groups is 3. The van der Waals surface area contributed by atoms with Crippen molar-refractivity contribution in [1.29, 1.82) is 0 Å². The standard InChI is InChI=1S/C35H18O15/c36-15-5-1-12(2-6-15)22(31(41)42)29-26(39)21(34(46)49-29)14-9-17-18(11-20(38)28-24(17)19(10-14)33(45)48-28)25-27(40)30(50-35(25)47)23(32(43)44)13-3-7-16(37)8-4-13/h1-11,36-40H,(H,41,42)(H,43,44)/b29-22-,30-23-. The molecule has 0 saturated heterocycles. The maximum absolute atomic E-state index is 13.3. The predicted octanol–water partition coefficient (Wildman–Crippen LogP) is 4.13. The number of carboxylic acids is 2. The van der Waals surface area contributed by atoms with Crippen molar-refractivity contribution in [2.75, 3.05) is 0 Å². The molecule has 0 aromatic heterocycles. The lowest BCUT2D eigenvalue weighted by atomic mass is 9.90. The summed E-state index contributed by atoms with van der Waals surface area (Å²) >= 11 is 0. The fourth-order valence-electron chi connectivity index (χ4n) is 5.87. The lowest BCUT2D eigenvalue weighted by Crippen LogP contribution is -2.06. The van der Waals surface area contributed by atoms with Crippen LogP contribution in [0.4, 0.5) is 0 Å². The largest absolute Gasteiger partial charge is 0.508 e. The molecule has 3 heterocycles. The Morgan fingerprint density at radius 3 is 1.52 bits per heavy atom. The Hall–Kier alpha value is -7.55. The first-order chi connectivity index (χ1) is 23.8. The minimum Gasteiger partial charge on any atom is -0.508 e. The van der Waals surface area contributed by atoms with Crippen molar-refractivity contribution < 1.29 is 73.9 Å². The smallest absolute Gasteiger partial charge is 0.348 e. The molecule has 7 N–H and O–H groups in total. The number of phenolic OH excluding ortho intramolecular Hbond substituents is 3. The number of benzene rings is 4. The molecule has 15 heteroatoms. The van der Waals surface area contributed by atoms with E-state index in [4.69, 9.17) is 14.2 Å². The van der Waals surface area contributed by atoms with Gasteiger partial charge in [0.25, 0.3) is 0 Å². The molecule has 0 unspecified atom stereocenters. The van der Waals surface area contributed by atoms with Crippen molar-refractivity contribution in [3.63, 3.8) is 0 Å². The van der Waals surface area contributed by atoms with Gasteiger partial charge in [0.05, 0.1) is 5.56 Å². The van der Waals surface area contributed by atoms with Crippen LogP contribution in [0.1, 0.15) is 32.6 Å². The fraction of sp³-hybridized carbons (Fsp3) is 0. The van der Waals surface area contributed by atoms with Crippen LogP contribution in [0, 0.1) is 0 Å². The van der Waals surface area contributed by atoms with E-state index in [2.05, 4.69) is 0 Å². The molecule has 0 fully saturated rings. The van der Waals surface area contributed by atoms with Crippen LogP contribution in [-0.2, 0) is 28.7 Å². The Labute approximate surface area is 277 Å². The molecule has 4 aromatic rings. The number of aliphatic hydroxyl groups excluding tert-OH is 2. The minimum atomic E-state index is -1.62. The van der Waals surface area contributed by atoms with Crippen LogP contribution < -0.4 is 4.74 Å². The number of rotatable bonds is 6. The van der Waals surface area contributed by atoms with E-state index in [1.807, 2.05) is 0 Å². The molecule has 15 nitrogen and oxygen atoms in total. The van der Waals surface area contributed by atoms with Gasteiger partial charge in [-0.2, -0.15) is 0 Å². The SMILES string of the molecule is O=C1O/C(=C(\C(=O)O)c2ccc(O)cc2)C(O)=C1c1cc2c3c(c(O)cc(C4=C(O)/C(=C(/C(=O)O)c5ccc(O)cc5)OC4=O)c3c1)OC2=O. The maximum Gasteiger partial charge on any atom is 0.348 e. The number of carbonyl (C=O) groups is 5. The highest BCUT2D eigenvalue weighted by molar-refractivity contribution is 6.30. The van der Waals surface area contributed by atoms with Crippen LogP contribution >= 0.6 is 0 Å². The van der Waals surface area contributed by atoms with Crippen molar-refractivity contribution in [3.8, 4) is 23.0 Å². The van der Waals surface area contributed by atoms with Gasteiger partial charge in [-0.1, -0.05) is 24.3 Å². The third-order valence-electron chi connectivity index (χ3n) is 8.04. The number of hydrogen-bond acceptors (Lipinski definition) is 13. The molecule has 50 heavy (non-hydrogen) atoms. The first-order valence-corrected chi connectivity index (χ1v) is 14.2. The van der Waals surface area contributed by atoms with Crippen molar-refractivity contribution in [1.82, 2.24) is 0 Å². The van der Waals surface area contributed by atoms with Gasteiger partial charge in [0, 0.05) is 10.9 Å². The average molecular weight is 679 g/mol. The Morgan fingerprint density at radius 1 is 0.540 bits per heavy atom. The zero-order chi connectivity index (χ0) is 35.8. The molecule has 248 valence electrons. The second kappa shape index (κ2) is 11.0. The Kier molecular flexibility index (Phi) is 6.85. The minimum absolute atomic E-state index is 0.0481. The highest BCUT2D eigenvalue weighted by atomic mass is 16.6. The van der Waals surface area contributed by atoms with Crippen LogP contribution in [0.5, 0.6) is 23.0 Å². The zero-order valence-corrected chi connectivity index (χ0v) is 24.7. The average Bonchev–Trinajstić information content (AvgIpc) is 3.66. The summed E-state index contributed by atoms with van der Waals surface area (Å²) in [6.45, 7) is 0. The molecule has 0 atom stereocenters. The van der Waals surface area contributed by atoms with Gasteiger partial charge in [0.15, 0.2) is 34.5 Å². The van der Waals surface area contributed by atoms with Gasteiger partial charge in [-0.25, -0.2) is 24.0 Å². The quantitative estimate of drug-likeness (QED) is 0.0859. The summed E-state index contributed by atoms with van der Waals surface area (Å²) in [5, 5.41) is 72.3. The summed E-state index contributed by atoms with van der Waals surface area (Å²) in [4.78, 5) is 64.0. The monoisotopic (exact) mass is 678 g/mol. The normalized spacial score (nSPS) is 17.2. The van der Waals surface area contributed by atoms with Gasteiger partial charge in [0.1, 0.15) is 33.8 Å². The van der Waals surface area contributed by atoms with Crippen LogP contribution in [0.2, 0.25) is 0 Å². The van der Waals surface area contributed by atoms with Gasteiger partial charge in [-0.15, -0.1) is 0 Å². The van der Waals surface area contributed by atoms with E-state index in [0.717, 1.165) is 12.1 Å². The molecule has 0 radical (unpaired) electrons. The number of cyclic esters (lactones) is 2. The molecule has 3 aliphatic heterocycles. The van der Waals surface area contributed by atoms with E-state index in [1.165, 1.54) is 54.6 Å². The van der Waals surface area contributed by atoms with E-state index in [-0.39, 0.29) is 55.8 Å². The molecule has 3 aliphatic rings. The number of aliphatic hydroxyl groups is 2. The number of carbonyl (C=O) groups excluding carboxylic acids is 3. The predicted molar refractivity (Wildman–Crippen MR) is 167 cm³/mol. The van der Waals surface area contributed by atoms with Crippen molar-refractivity contribution in [2.24, 2.45) is 0 Å². The summed E-state index contributed by atoms with van der Waals surface area (Å²) in [5.74, 6) is -11.6. The van der Waals surface area contributed by atoms with Crippen LogP contribution in [0.25, 0.3) is 33.1 Å². The van der Waals surface area contributed by atoms with Crippen LogP contribution in [-0.4, -0.2) is 65.6 Å². The third kappa shape index (κ3) is 4.64. The van der Waals surface area contributed by atoms with E-state index < -0.39 is 80.9 Å². The number of aliphatic carboxylic acids is 2. The van der Waals surface area contributed by atoms with Gasteiger partial charge in [-0.3, -0.25) is 0 Å². The van der Waals surface area contributed by atoms with E-state index >= 15 is 0 Å². The molecule has 0 aliphatic carbocycles. The van der Waals surface area contributed by atoms with Crippen LogP contribution in [0.15, 0.2) is 89.8 Å². The molecular formula is C35H18O15. The topological polar surface area (TPSA) is 255 Å². The van der Waals surface area contributed by atoms with Crippen LogP contribution in [0.3, 0.4) is 0 Å². The molecule has 0 amide bonds. The number of ether oxygens (including phenoxy) is 3. The highest BCUT2D eigenvalue weighted by Gasteiger charge is 2.41. The Bertz CT molecular complexity index is 2420.